The molecule has 0 unspecified atom stereocenters. The molecule has 0 N–H and O–H groups in total. The summed E-state index contributed by atoms with van der Waals surface area (Å²) in [6, 6.07) is 0. The molecule has 0 spiro atoms. The first-order valence-corrected chi connectivity index (χ1v) is 6.59. The largest absolute Gasteiger partial charge is 0.215 e. The van der Waals surface area contributed by atoms with Crippen molar-refractivity contribution in [2.75, 3.05) is 13.1 Å². The lowest BCUT2D eigenvalue weighted by molar-refractivity contribution is -0.538. The SMILES string of the molecule is CC(C)CCCC1=[N+](CCC(C)C)N=NC1. The Hall–Kier alpha value is -0.730. The van der Waals surface area contributed by atoms with E-state index in [-0.39, 0.29) is 0 Å². The molecule has 0 atom stereocenters. The highest BCUT2D eigenvalue weighted by Gasteiger charge is 2.19. The summed E-state index contributed by atoms with van der Waals surface area (Å²) >= 11 is 0. The standard InChI is InChI=1S/C13H26N3/c1-11(2)6-5-7-13-10-14-15-16(13)9-8-12(3)4/h11-12H,5-10H2,1-4H3/q+1. The lowest BCUT2D eigenvalue weighted by Gasteiger charge is -2.05. The zero-order valence-corrected chi connectivity index (χ0v) is 11.2. The van der Waals surface area contributed by atoms with E-state index in [1.54, 1.807) is 0 Å². The monoisotopic (exact) mass is 224 g/mol. The molecule has 0 amide bonds. The Morgan fingerprint density at radius 2 is 1.81 bits per heavy atom. The second-order valence-electron chi connectivity index (χ2n) is 5.55. The Balaban J connectivity index is 2.34. The maximum absolute atomic E-state index is 4.21. The third-order valence-electron chi connectivity index (χ3n) is 2.95. The van der Waals surface area contributed by atoms with Crippen molar-refractivity contribution in [2.45, 2.75) is 53.4 Å². The normalized spacial score (nSPS) is 15.9. The molecule has 3 nitrogen and oxygen atoms in total. The van der Waals surface area contributed by atoms with E-state index in [1.807, 2.05) is 0 Å². The van der Waals surface area contributed by atoms with Gasteiger partial charge in [0.1, 0.15) is 11.8 Å². The molecule has 0 saturated carbocycles. The topological polar surface area (TPSA) is 27.7 Å². The number of hydrogen-bond acceptors (Lipinski definition) is 2. The molecule has 92 valence electrons. The van der Waals surface area contributed by atoms with Gasteiger partial charge in [-0.2, -0.15) is 0 Å². The van der Waals surface area contributed by atoms with E-state index >= 15 is 0 Å². The third kappa shape index (κ3) is 4.86. The van der Waals surface area contributed by atoms with Crippen molar-refractivity contribution in [3.8, 4) is 0 Å². The highest BCUT2D eigenvalue weighted by molar-refractivity contribution is 5.82. The van der Waals surface area contributed by atoms with Crippen molar-refractivity contribution in [3.63, 3.8) is 0 Å². The van der Waals surface area contributed by atoms with Gasteiger partial charge in [0.25, 0.3) is 0 Å². The molecule has 0 saturated heterocycles. The van der Waals surface area contributed by atoms with Crippen LogP contribution in [0.2, 0.25) is 0 Å². The van der Waals surface area contributed by atoms with Gasteiger partial charge >= 0.3 is 0 Å². The maximum atomic E-state index is 4.21. The molecule has 0 aromatic carbocycles. The molecule has 1 heterocycles. The Kier molecular flexibility index (Phi) is 5.64. The molecule has 1 rings (SSSR count). The van der Waals surface area contributed by atoms with Crippen LogP contribution in [0.4, 0.5) is 0 Å². The Morgan fingerprint density at radius 3 is 2.44 bits per heavy atom. The van der Waals surface area contributed by atoms with E-state index in [0.29, 0.717) is 0 Å². The van der Waals surface area contributed by atoms with Crippen LogP contribution < -0.4 is 0 Å². The first-order chi connectivity index (χ1) is 7.59. The summed E-state index contributed by atoms with van der Waals surface area (Å²) in [5, 5.41) is 8.34. The molecular formula is C13H26N3+. The molecule has 0 fully saturated rings. The Morgan fingerprint density at radius 1 is 1.12 bits per heavy atom. The second kappa shape index (κ2) is 6.77. The first-order valence-electron chi connectivity index (χ1n) is 6.59. The van der Waals surface area contributed by atoms with Crippen molar-refractivity contribution < 1.29 is 4.68 Å². The van der Waals surface area contributed by atoms with Crippen LogP contribution in [0.3, 0.4) is 0 Å². The molecule has 0 radical (unpaired) electrons. The van der Waals surface area contributed by atoms with Crippen molar-refractivity contribution in [2.24, 2.45) is 22.2 Å². The quantitative estimate of drug-likeness (QED) is 0.590. The molecule has 0 aromatic rings. The molecule has 16 heavy (non-hydrogen) atoms. The van der Waals surface area contributed by atoms with Crippen LogP contribution in [0.25, 0.3) is 0 Å². The van der Waals surface area contributed by atoms with Crippen molar-refractivity contribution in [1.29, 1.82) is 0 Å². The summed E-state index contributed by atoms with van der Waals surface area (Å²) in [5.41, 5.74) is 1.42. The summed E-state index contributed by atoms with van der Waals surface area (Å²) < 4.78 is 2.13. The average molecular weight is 224 g/mol. The van der Waals surface area contributed by atoms with E-state index in [0.717, 1.165) is 24.9 Å². The fraction of sp³-hybridized carbons (Fsp3) is 0.923. The summed E-state index contributed by atoms with van der Waals surface area (Å²) in [7, 11) is 0. The van der Waals surface area contributed by atoms with E-state index in [9.17, 15) is 0 Å². The van der Waals surface area contributed by atoms with E-state index in [4.69, 9.17) is 0 Å². The van der Waals surface area contributed by atoms with Gasteiger partial charge in [0.05, 0.1) is 0 Å². The predicted octanol–water partition coefficient (Wildman–Crippen LogP) is 3.69. The van der Waals surface area contributed by atoms with Gasteiger partial charge in [0, 0.05) is 11.5 Å². The molecule has 0 aliphatic carbocycles. The Labute approximate surface area is 99.6 Å². The van der Waals surface area contributed by atoms with Gasteiger partial charge in [-0.15, -0.1) is 4.68 Å². The van der Waals surface area contributed by atoms with Crippen LogP contribution in [-0.2, 0) is 0 Å². The second-order valence-corrected chi connectivity index (χ2v) is 5.55. The zero-order chi connectivity index (χ0) is 12.0. The number of hydrogen-bond donors (Lipinski definition) is 0. The van der Waals surface area contributed by atoms with Gasteiger partial charge in [-0.1, -0.05) is 34.1 Å². The maximum Gasteiger partial charge on any atom is 0.215 e. The molecule has 0 bridgehead atoms. The van der Waals surface area contributed by atoms with Crippen LogP contribution in [0.5, 0.6) is 0 Å². The first kappa shape index (κ1) is 13.3. The van der Waals surface area contributed by atoms with E-state index in [1.165, 1.54) is 31.4 Å². The van der Waals surface area contributed by atoms with Crippen LogP contribution in [0, 0.1) is 11.8 Å². The van der Waals surface area contributed by atoms with Gasteiger partial charge in [-0.3, -0.25) is 0 Å². The van der Waals surface area contributed by atoms with Crippen LogP contribution in [0.1, 0.15) is 53.4 Å². The minimum atomic E-state index is 0.743. The van der Waals surface area contributed by atoms with E-state index < -0.39 is 0 Å². The van der Waals surface area contributed by atoms with E-state index in [2.05, 4.69) is 42.7 Å². The highest BCUT2D eigenvalue weighted by Crippen LogP contribution is 2.10. The lowest BCUT2D eigenvalue weighted by atomic mass is 10.0. The van der Waals surface area contributed by atoms with Crippen molar-refractivity contribution in [3.05, 3.63) is 0 Å². The summed E-state index contributed by atoms with van der Waals surface area (Å²) in [5.74, 6) is 1.55. The van der Waals surface area contributed by atoms with Gasteiger partial charge in [-0.05, 0) is 24.7 Å². The summed E-state index contributed by atoms with van der Waals surface area (Å²) in [4.78, 5) is 0. The molecule has 1 aliphatic rings. The molecule has 1 aliphatic heterocycles. The zero-order valence-electron chi connectivity index (χ0n) is 11.2. The molecular weight excluding hydrogens is 198 g/mol. The highest BCUT2D eigenvalue weighted by atomic mass is 15.5. The summed E-state index contributed by atoms with van der Waals surface area (Å²) in [6.45, 7) is 10.9. The smallest absolute Gasteiger partial charge is 0.135 e. The van der Waals surface area contributed by atoms with Gasteiger partial charge < -0.3 is 0 Å². The number of rotatable bonds is 7. The van der Waals surface area contributed by atoms with Gasteiger partial charge in [0.2, 0.25) is 6.54 Å². The number of nitrogens with zero attached hydrogens (tertiary/aromatic N) is 3. The Bertz CT molecular complexity index is 264. The average Bonchev–Trinajstić information content (AvgIpc) is 2.62. The van der Waals surface area contributed by atoms with Crippen LogP contribution in [0.15, 0.2) is 10.3 Å². The molecule has 0 aromatic heterocycles. The summed E-state index contributed by atoms with van der Waals surface area (Å²) in [6.07, 6.45) is 4.95. The molecule has 3 heteroatoms. The van der Waals surface area contributed by atoms with Crippen LogP contribution in [-0.4, -0.2) is 23.5 Å². The minimum Gasteiger partial charge on any atom is -0.135 e. The lowest BCUT2D eigenvalue weighted by Crippen LogP contribution is -2.17. The fourth-order valence-corrected chi connectivity index (χ4v) is 1.84. The van der Waals surface area contributed by atoms with Crippen LogP contribution >= 0.6 is 0 Å². The van der Waals surface area contributed by atoms with Gasteiger partial charge in [-0.25, -0.2) is 0 Å². The van der Waals surface area contributed by atoms with Gasteiger partial charge in [0.15, 0.2) is 5.71 Å². The third-order valence-corrected chi connectivity index (χ3v) is 2.95. The fourth-order valence-electron chi connectivity index (χ4n) is 1.84. The minimum absolute atomic E-state index is 0.743. The predicted molar refractivity (Wildman–Crippen MR) is 68.0 cm³/mol. The van der Waals surface area contributed by atoms with Crippen molar-refractivity contribution >= 4 is 5.71 Å². The van der Waals surface area contributed by atoms with Crippen molar-refractivity contribution in [1.82, 2.24) is 0 Å².